The Labute approximate surface area is 547 Å². The Morgan fingerprint density at radius 1 is 0.337 bits per heavy atom. The van der Waals surface area contributed by atoms with E-state index in [1.54, 1.807) is 0 Å². The fourth-order valence-electron chi connectivity index (χ4n) is 9.94. The number of nitrogens with two attached hydrogens (primary N) is 1. The molecule has 0 heterocycles. The minimum absolute atomic E-state index is 0.0467. The average molecular weight is 1260 g/mol. The lowest BCUT2D eigenvalue weighted by Gasteiger charge is -2.19. The van der Waals surface area contributed by atoms with Crippen LogP contribution in [0.4, 0.5) is 0 Å². The van der Waals surface area contributed by atoms with Crippen molar-refractivity contribution in [2.75, 3.05) is 26.4 Å². The Morgan fingerprint density at radius 2 is 0.584 bits per heavy atom. The molecule has 0 radical (unpaired) electrons. The molecule has 0 aliphatic carbocycles. The third-order valence-corrected chi connectivity index (χ3v) is 16.2. The van der Waals surface area contributed by atoms with Crippen LogP contribution in [0.5, 0.6) is 0 Å². The molecule has 0 aliphatic heterocycles. The second-order valence-electron chi connectivity index (χ2n) is 23.7. The molecule has 0 aromatic carbocycles. The van der Waals surface area contributed by atoms with Gasteiger partial charge in [-0.1, -0.05) is 327 Å². The summed E-state index contributed by atoms with van der Waals surface area (Å²) in [4.78, 5) is 35.4. The van der Waals surface area contributed by atoms with Gasteiger partial charge in [-0.25, -0.2) is 4.57 Å². The minimum atomic E-state index is -4.41. The van der Waals surface area contributed by atoms with Crippen molar-refractivity contribution in [3.05, 3.63) is 146 Å². The molecule has 0 bridgehead atoms. The topological polar surface area (TPSA) is 134 Å². The monoisotopic (exact) mass is 1260 g/mol. The van der Waals surface area contributed by atoms with E-state index in [0.717, 1.165) is 122 Å². The highest BCUT2D eigenvalue weighted by Gasteiger charge is 2.26. The van der Waals surface area contributed by atoms with Crippen molar-refractivity contribution in [1.82, 2.24) is 0 Å². The van der Waals surface area contributed by atoms with Gasteiger partial charge in [0.15, 0.2) is 6.10 Å². The Hall–Kier alpha value is -4.11. The lowest BCUT2D eigenvalue weighted by molar-refractivity contribution is -0.161. The first kappa shape index (κ1) is 84.9. The minimum Gasteiger partial charge on any atom is -0.462 e. The van der Waals surface area contributed by atoms with Crippen molar-refractivity contribution in [3.63, 3.8) is 0 Å². The van der Waals surface area contributed by atoms with Crippen LogP contribution in [0.1, 0.15) is 309 Å². The zero-order valence-electron chi connectivity index (χ0n) is 57.1. The fraction of sp³-hybridized carbons (Fsp3) is 0.671. The van der Waals surface area contributed by atoms with Gasteiger partial charge < -0.3 is 20.1 Å². The van der Waals surface area contributed by atoms with Crippen molar-refractivity contribution < 1.29 is 37.6 Å². The number of phosphoric ester groups is 1. The summed E-state index contributed by atoms with van der Waals surface area (Å²) >= 11 is 0. The van der Waals surface area contributed by atoms with E-state index in [4.69, 9.17) is 24.3 Å². The van der Waals surface area contributed by atoms with Gasteiger partial charge in [0.25, 0.3) is 0 Å². The second-order valence-corrected chi connectivity index (χ2v) is 25.1. The van der Waals surface area contributed by atoms with Crippen molar-refractivity contribution in [2.45, 2.75) is 315 Å². The van der Waals surface area contributed by atoms with Crippen molar-refractivity contribution >= 4 is 19.8 Å². The molecule has 508 valence electrons. The Morgan fingerprint density at radius 3 is 0.865 bits per heavy atom. The first-order chi connectivity index (χ1) is 43.8. The van der Waals surface area contributed by atoms with Crippen LogP contribution in [0, 0.1) is 0 Å². The fourth-order valence-corrected chi connectivity index (χ4v) is 10.7. The van der Waals surface area contributed by atoms with Gasteiger partial charge in [-0.3, -0.25) is 18.6 Å². The summed E-state index contributed by atoms with van der Waals surface area (Å²) in [5.74, 6) is -0.834. The summed E-state index contributed by atoms with van der Waals surface area (Å²) in [6.45, 7) is 3.53. The highest BCUT2D eigenvalue weighted by molar-refractivity contribution is 7.47. The van der Waals surface area contributed by atoms with E-state index in [2.05, 4.69) is 160 Å². The van der Waals surface area contributed by atoms with E-state index < -0.39 is 26.5 Å². The second kappa shape index (κ2) is 72.9. The lowest BCUT2D eigenvalue weighted by atomic mass is 10.0. The number of phosphoric acid groups is 1. The molecule has 0 saturated carbocycles. The maximum absolute atomic E-state index is 12.8. The predicted molar refractivity (Wildman–Crippen MR) is 385 cm³/mol. The van der Waals surface area contributed by atoms with Gasteiger partial charge in [0, 0.05) is 19.4 Å². The van der Waals surface area contributed by atoms with Gasteiger partial charge in [-0.15, -0.1) is 0 Å². The largest absolute Gasteiger partial charge is 0.472 e. The number of hydrogen-bond acceptors (Lipinski definition) is 8. The molecule has 0 aromatic heterocycles. The molecule has 9 nitrogen and oxygen atoms in total. The zero-order valence-corrected chi connectivity index (χ0v) is 58.0. The van der Waals surface area contributed by atoms with E-state index in [0.29, 0.717) is 6.42 Å². The van der Waals surface area contributed by atoms with Crippen LogP contribution >= 0.6 is 7.82 Å². The Balaban J connectivity index is 3.90. The molecule has 0 aromatic rings. The molecule has 2 atom stereocenters. The third-order valence-electron chi connectivity index (χ3n) is 15.2. The molecule has 0 aliphatic rings. The van der Waals surface area contributed by atoms with Gasteiger partial charge >= 0.3 is 19.8 Å². The molecule has 10 heteroatoms. The maximum Gasteiger partial charge on any atom is 0.472 e. The summed E-state index contributed by atoms with van der Waals surface area (Å²) < 4.78 is 33.2. The standard InChI is InChI=1S/C79H134NO8P/c1-3-5-7-9-11-13-15-17-19-21-23-25-27-29-31-33-35-37-38-40-41-43-45-47-49-51-53-55-57-59-61-63-65-67-69-71-78(81)85-75-77(76-87-89(83,84)86-74-73-80)88-79(82)72-70-68-66-64-62-60-58-56-54-52-50-48-46-44-42-39-36-34-32-30-28-26-24-22-20-18-16-14-12-10-8-6-4-2/h5-8,11-14,17-20,23-26,30,32,36,39,44,46,50,52,77H,3-4,9-10,15-16,21-22,27-29,31,33-35,37-38,40-43,45,47-49,51,53-76,80H2,1-2H3,(H,83,84)/b7-5-,8-6-,13-11-,14-12-,19-17-,20-18-,25-23-,26-24-,32-30-,39-36-,46-44-,52-50-. The SMILES string of the molecule is CC/C=C\C/C=C\C/C=C\C/C=C\C/C=C\C/C=C\C/C=C\C/C=C\CCCCCCCCCCC(=O)OC(COC(=O)CCCCCCCCCCCCCCCCCCCCCCCC/C=C\C/C=C\C/C=C\C/C=C\CC)COP(=O)(O)OCCN. The number of unbranched alkanes of at least 4 members (excludes halogenated alkanes) is 30. The molecule has 0 amide bonds. The predicted octanol–water partition coefficient (Wildman–Crippen LogP) is 24.2. The number of esters is 2. The van der Waals surface area contributed by atoms with Crippen LogP contribution in [0.2, 0.25) is 0 Å². The molecule has 0 fully saturated rings. The maximum atomic E-state index is 12.8. The molecule has 0 saturated heterocycles. The zero-order chi connectivity index (χ0) is 64.4. The average Bonchev–Trinajstić information content (AvgIpc) is 3.58. The highest BCUT2D eigenvalue weighted by Crippen LogP contribution is 2.43. The summed E-state index contributed by atoms with van der Waals surface area (Å²) in [6, 6.07) is 0. The smallest absolute Gasteiger partial charge is 0.462 e. The number of rotatable bonds is 67. The van der Waals surface area contributed by atoms with Crippen LogP contribution in [0.3, 0.4) is 0 Å². The van der Waals surface area contributed by atoms with Crippen LogP contribution in [0.25, 0.3) is 0 Å². The van der Waals surface area contributed by atoms with Crippen molar-refractivity contribution in [1.29, 1.82) is 0 Å². The number of carbonyl (C=O) groups excluding carboxylic acids is 2. The molecule has 2 unspecified atom stereocenters. The van der Waals surface area contributed by atoms with E-state index >= 15 is 0 Å². The first-order valence-corrected chi connectivity index (χ1v) is 37.8. The van der Waals surface area contributed by atoms with Crippen LogP contribution in [-0.2, 0) is 32.7 Å². The summed E-state index contributed by atoms with van der Waals surface area (Å²) in [7, 11) is -4.41. The first-order valence-electron chi connectivity index (χ1n) is 36.3. The number of carbonyl (C=O) groups is 2. The Kier molecular flexibility index (Phi) is 69.6. The summed E-state index contributed by atoms with van der Waals surface area (Å²) in [6.07, 6.45) is 105. The number of allylic oxidation sites excluding steroid dienone is 24. The molecular formula is C79H134NO8P. The highest BCUT2D eigenvalue weighted by atomic mass is 31.2. The molecule has 89 heavy (non-hydrogen) atoms. The van der Waals surface area contributed by atoms with Gasteiger partial charge in [0.05, 0.1) is 13.2 Å². The van der Waals surface area contributed by atoms with Crippen LogP contribution in [-0.4, -0.2) is 49.3 Å². The molecule has 0 spiro atoms. The van der Waals surface area contributed by atoms with E-state index in [1.165, 1.54) is 154 Å². The van der Waals surface area contributed by atoms with Crippen molar-refractivity contribution in [3.8, 4) is 0 Å². The van der Waals surface area contributed by atoms with Crippen molar-refractivity contribution in [2.24, 2.45) is 5.73 Å². The van der Waals surface area contributed by atoms with Gasteiger partial charge in [0.1, 0.15) is 6.61 Å². The quantitative estimate of drug-likeness (QED) is 0.0264. The van der Waals surface area contributed by atoms with Gasteiger partial charge in [0.2, 0.25) is 0 Å². The summed E-state index contributed by atoms with van der Waals surface area (Å²) in [5, 5.41) is 0. The van der Waals surface area contributed by atoms with Gasteiger partial charge in [-0.05, 0) is 116 Å². The van der Waals surface area contributed by atoms with Gasteiger partial charge in [-0.2, -0.15) is 0 Å². The lowest BCUT2D eigenvalue weighted by Crippen LogP contribution is -2.29. The molecule has 0 rings (SSSR count). The molecular weight excluding hydrogens is 1120 g/mol. The number of hydrogen-bond donors (Lipinski definition) is 2. The van der Waals surface area contributed by atoms with Crippen LogP contribution in [0.15, 0.2) is 146 Å². The normalized spacial score (nSPS) is 13.8. The third kappa shape index (κ3) is 72.8. The van der Waals surface area contributed by atoms with Crippen LogP contribution < -0.4 is 5.73 Å². The summed E-state index contributed by atoms with van der Waals surface area (Å²) in [5.41, 5.74) is 5.41. The Bertz CT molecular complexity index is 1970. The molecule has 3 N–H and O–H groups in total. The van der Waals surface area contributed by atoms with E-state index in [1.807, 2.05) is 0 Å². The number of ether oxygens (including phenoxy) is 2. The van der Waals surface area contributed by atoms with E-state index in [9.17, 15) is 19.0 Å². The van der Waals surface area contributed by atoms with E-state index in [-0.39, 0.29) is 38.6 Å².